The van der Waals surface area contributed by atoms with Gasteiger partial charge in [0.05, 0.1) is 0 Å². The molecule has 0 saturated carbocycles. The van der Waals surface area contributed by atoms with Crippen molar-refractivity contribution in [1.29, 1.82) is 0 Å². The lowest BCUT2D eigenvalue weighted by molar-refractivity contribution is 0.220. The molecule has 0 atom stereocenters. The normalized spacial score (nSPS) is 11.6. The van der Waals surface area contributed by atoms with Crippen molar-refractivity contribution < 1.29 is 5.11 Å². The zero-order chi connectivity index (χ0) is 16.0. The first-order chi connectivity index (χ1) is 9.82. The molecular weight excluding hydrogens is 272 g/mol. The number of nitrogens with zero attached hydrogens (tertiary/aromatic N) is 1. The molecule has 0 aliphatic carbocycles. The van der Waals surface area contributed by atoms with Crippen LogP contribution in [0.3, 0.4) is 0 Å². The van der Waals surface area contributed by atoms with Crippen molar-refractivity contribution in [3.63, 3.8) is 0 Å². The lowest BCUT2D eigenvalue weighted by Crippen LogP contribution is -2.35. The third kappa shape index (κ3) is 4.63. The summed E-state index contributed by atoms with van der Waals surface area (Å²) in [7, 11) is 0. The third-order valence-corrected chi connectivity index (χ3v) is 3.51. The number of aromatic nitrogens is 2. The Morgan fingerprint density at radius 2 is 2.05 bits per heavy atom. The fourth-order valence-corrected chi connectivity index (χ4v) is 2.02. The molecule has 0 amide bonds. The summed E-state index contributed by atoms with van der Waals surface area (Å²) in [5.41, 5.74) is 5.01. The Balaban J connectivity index is 3.02. The van der Waals surface area contributed by atoms with Crippen molar-refractivity contribution in [2.24, 2.45) is 5.41 Å². The van der Waals surface area contributed by atoms with Crippen LogP contribution in [-0.4, -0.2) is 27.8 Å². The SMILES string of the molecule is CCCCn1c(N)c(NCC(C)(C)CCO)c(=O)[nH]c1=O. The zero-order valence-electron chi connectivity index (χ0n) is 13.0. The molecule has 5 N–H and O–H groups in total. The van der Waals surface area contributed by atoms with Gasteiger partial charge in [-0.25, -0.2) is 4.79 Å². The van der Waals surface area contributed by atoms with Crippen LogP contribution in [0.1, 0.15) is 40.0 Å². The number of unbranched alkanes of at least 4 members (excludes halogenated alkanes) is 1. The van der Waals surface area contributed by atoms with Gasteiger partial charge in [-0.1, -0.05) is 27.2 Å². The molecule has 0 aromatic carbocycles. The summed E-state index contributed by atoms with van der Waals surface area (Å²) in [6, 6.07) is 0. The second-order valence-electron chi connectivity index (χ2n) is 6.02. The van der Waals surface area contributed by atoms with E-state index in [0.29, 0.717) is 19.5 Å². The molecule has 1 aromatic heterocycles. The number of anilines is 2. The van der Waals surface area contributed by atoms with Gasteiger partial charge in [0.2, 0.25) is 0 Å². The van der Waals surface area contributed by atoms with Crippen LogP contribution in [0.15, 0.2) is 9.59 Å². The van der Waals surface area contributed by atoms with E-state index in [-0.39, 0.29) is 23.5 Å². The average Bonchev–Trinajstić information content (AvgIpc) is 2.37. The van der Waals surface area contributed by atoms with E-state index in [2.05, 4.69) is 10.3 Å². The van der Waals surface area contributed by atoms with Crippen molar-refractivity contribution in [2.75, 3.05) is 24.2 Å². The third-order valence-electron chi connectivity index (χ3n) is 3.51. The summed E-state index contributed by atoms with van der Waals surface area (Å²) in [5.74, 6) is 0.164. The highest BCUT2D eigenvalue weighted by Crippen LogP contribution is 2.21. The minimum atomic E-state index is -0.509. The largest absolute Gasteiger partial charge is 0.396 e. The summed E-state index contributed by atoms with van der Waals surface area (Å²) < 4.78 is 1.38. The van der Waals surface area contributed by atoms with E-state index < -0.39 is 11.2 Å². The van der Waals surface area contributed by atoms with Gasteiger partial charge in [-0.3, -0.25) is 14.3 Å². The summed E-state index contributed by atoms with van der Waals surface area (Å²) in [4.78, 5) is 26.0. The minimum absolute atomic E-state index is 0.0799. The lowest BCUT2D eigenvalue weighted by atomic mass is 9.90. The molecule has 120 valence electrons. The summed E-state index contributed by atoms with van der Waals surface area (Å²) in [6.07, 6.45) is 2.34. The maximum atomic E-state index is 11.9. The standard InChI is InChI=1S/C14H26N4O3/c1-4-5-7-18-11(15)10(12(20)17-13(18)21)16-9-14(2,3)6-8-19/h16,19H,4-9,15H2,1-3H3,(H,17,20,21). The highest BCUT2D eigenvalue weighted by Gasteiger charge is 2.19. The van der Waals surface area contributed by atoms with Crippen molar-refractivity contribution in [3.8, 4) is 0 Å². The Kier molecular flexibility index (Phi) is 6.02. The number of rotatable bonds is 8. The quantitative estimate of drug-likeness (QED) is 0.565. The molecule has 0 bridgehead atoms. The van der Waals surface area contributed by atoms with Gasteiger partial charge in [0.25, 0.3) is 5.56 Å². The van der Waals surface area contributed by atoms with Crippen LogP contribution in [0.5, 0.6) is 0 Å². The smallest absolute Gasteiger partial charge is 0.330 e. The Labute approximate surface area is 124 Å². The highest BCUT2D eigenvalue weighted by atomic mass is 16.3. The number of aliphatic hydroxyl groups excluding tert-OH is 1. The maximum absolute atomic E-state index is 11.9. The van der Waals surface area contributed by atoms with E-state index in [1.54, 1.807) is 0 Å². The first-order valence-electron chi connectivity index (χ1n) is 7.29. The molecule has 0 spiro atoms. The first kappa shape index (κ1) is 17.3. The predicted molar refractivity (Wildman–Crippen MR) is 84.6 cm³/mol. The molecule has 0 saturated heterocycles. The van der Waals surface area contributed by atoms with E-state index in [1.807, 2.05) is 20.8 Å². The predicted octanol–water partition coefficient (Wildman–Crippen LogP) is 0.739. The number of nitrogens with two attached hydrogens (primary N) is 1. The molecule has 7 nitrogen and oxygen atoms in total. The van der Waals surface area contributed by atoms with Gasteiger partial charge < -0.3 is 16.2 Å². The van der Waals surface area contributed by atoms with Crippen molar-refractivity contribution in [3.05, 3.63) is 20.8 Å². The molecule has 0 fully saturated rings. The average molecular weight is 298 g/mol. The van der Waals surface area contributed by atoms with E-state index in [0.717, 1.165) is 12.8 Å². The van der Waals surface area contributed by atoms with E-state index >= 15 is 0 Å². The van der Waals surface area contributed by atoms with E-state index in [9.17, 15) is 9.59 Å². The van der Waals surface area contributed by atoms with Gasteiger partial charge in [0.15, 0.2) is 0 Å². The molecular formula is C14H26N4O3. The van der Waals surface area contributed by atoms with Crippen molar-refractivity contribution >= 4 is 11.5 Å². The molecule has 21 heavy (non-hydrogen) atoms. The summed E-state index contributed by atoms with van der Waals surface area (Å²) >= 11 is 0. The molecule has 1 rings (SSSR count). The molecule has 1 heterocycles. The van der Waals surface area contributed by atoms with Crippen LogP contribution < -0.4 is 22.3 Å². The number of nitrogen functional groups attached to an aromatic ring is 1. The van der Waals surface area contributed by atoms with Gasteiger partial charge >= 0.3 is 5.69 Å². The number of nitrogens with one attached hydrogen (secondary N) is 2. The van der Waals surface area contributed by atoms with Crippen LogP contribution in [-0.2, 0) is 6.54 Å². The van der Waals surface area contributed by atoms with Crippen LogP contribution in [0, 0.1) is 5.41 Å². The van der Waals surface area contributed by atoms with Gasteiger partial charge in [-0.05, 0) is 18.3 Å². The Morgan fingerprint density at radius 1 is 1.38 bits per heavy atom. The van der Waals surface area contributed by atoms with Crippen LogP contribution in [0.2, 0.25) is 0 Å². The number of hydrogen-bond acceptors (Lipinski definition) is 5. The van der Waals surface area contributed by atoms with Crippen LogP contribution in [0.4, 0.5) is 11.5 Å². The monoisotopic (exact) mass is 298 g/mol. The van der Waals surface area contributed by atoms with Crippen LogP contribution >= 0.6 is 0 Å². The number of aromatic amines is 1. The van der Waals surface area contributed by atoms with E-state index in [1.165, 1.54) is 4.57 Å². The molecule has 0 radical (unpaired) electrons. The number of H-pyrrole nitrogens is 1. The number of aliphatic hydroxyl groups is 1. The Hall–Kier alpha value is -1.76. The second kappa shape index (κ2) is 7.31. The number of hydrogen-bond donors (Lipinski definition) is 4. The lowest BCUT2D eigenvalue weighted by Gasteiger charge is -2.25. The zero-order valence-corrected chi connectivity index (χ0v) is 13.0. The summed E-state index contributed by atoms with van der Waals surface area (Å²) in [5, 5.41) is 12.0. The van der Waals surface area contributed by atoms with Gasteiger partial charge in [0, 0.05) is 19.7 Å². The Bertz CT molecular complexity index is 575. The molecule has 7 heteroatoms. The molecule has 0 aliphatic rings. The van der Waals surface area contributed by atoms with Crippen molar-refractivity contribution in [2.45, 2.75) is 46.6 Å². The first-order valence-corrected chi connectivity index (χ1v) is 7.29. The molecule has 1 aromatic rings. The van der Waals surface area contributed by atoms with Gasteiger partial charge in [-0.2, -0.15) is 0 Å². The van der Waals surface area contributed by atoms with E-state index in [4.69, 9.17) is 10.8 Å². The topological polar surface area (TPSA) is 113 Å². The van der Waals surface area contributed by atoms with Gasteiger partial charge in [-0.15, -0.1) is 0 Å². The Morgan fingerprint density at radius 3 is 2.62 bits per heavy atom. The minimum Gasteiger partial charge on any atom is -0.396 e. The van der Waals surface area contributed by atoms with Gasteiger partial charge in [0.1, 0.15) is 11.5 Å². The van der Waals surface area contributed by atoms with Crippen LogP contribution in [0.25, 0.3) is 0 Å². The highest BCUT2D eigenvalue weighted by molar-refractivity contribution is 5.60. The summed E-state index contributed by atoms with van der Waals surface area (Å²) in [6.45, 7) is 7.01. The molecule has 0 unspecified atom stereocenters. The van der Waals surface area contributed by atoms with Crippen molar-refractivity contribution in [1.82, 2.24) is 9.55 Å². The molecule has 0 aliphatic heterocycles. The fraction of sp³-hybridized carbons (Fsp3) is 0.714. The maximum Gasteiger partial charge on any atom is 0.330 e. The second-order valence-corrected chi connectivity index (χ2v) is 6.02. The fourth-order valence-electron chi connectivity index (χ4n) is 2.02.